The highest BCUT2D eigenvalue weighted by Gasteiger charge is 2.54. The van der Waals surface area contributed by atoms with Crippen molar-refractivity contribution >= 4 is 40.2 Å². The lowest BCUT2D eigenvalue weighted by Crippen LogP contribution is -2.54. The highest BCUT2D eigenvalue weighted by molar-refractivity contribution is 5.99. The summed E-state index contributed by atoms with van der Waals surface area (Å²) >= 11 is 0. The molecule has 0 saturated heterocycles. The standard InChI is InChI=1S/C28H31N7O5/c1-15(27-5-8-28(9-6-27,10-7-27)26(38)39)32-25(37)21-12-20(34-23-18(29)14-31-35(21)23)24(36)30-13-17-3-4-22-19(11-17)33-16(2)40-22/h3-4,11-12,14-15H,5-10,13,29H2,1-2H3,(H,30,36)(H,32,37)(H,38,39). The number of aromatic nitrogens is 4. The molecule has 12 nitrogen and oxygen atoms in total. The number of hydrogen-bond donors (Lipinski definition) is 4. The first-order chi connectivity index (χ1) is 19.1. The molecule has 5 N–H and O–H groups in total. The van der Waals surface area contributed by atoms with E-state index >= 15 is 0 Å². The van der Waals surface area contributed by atoms with Crippen LogP contribution in [0.2, 0.25) is 0 Å². The van der Waals surface area contributed by atoms with E-state index in [2.05, 4.69) is 25.7 Å². The number of carbonyl (C=O) groups excluding carboxylic acids is 2. The van der Waals surface area contributed by atoms with Crippen LogP contribution in [0.15, 0.2) is 34.9 Å². The van der Waals surface area contributed by atoms with Crippen LogP contribution in [0.1, 0.15) is 77.9 Å². The number of nitrogens with zero attached hydrogens (tertiary/aromatic N) is 4. The van der Waals surface area contributed by atoms with Crippen molar-refractivity contribution in [2.45, 2.75) is 65.0 Å². The number of anilines is 1. The molecule has 1 atom stereocenters. The minimum absolute atomic E-state index is 0.0376. The van der Waals surface area contributed by atoms with Crippen molar-refractivity contribution in [1.82, 2.24) is 30.2 Å². The van der Waals surface area contributed by atoms with Gasteiger partial charge < -0.3 is 25.9 Å². The smallest absolute Gasteiger partial charge is 0.309 e. The molecule has 2 bridgehead atoms. The van der Waals surface area contributed by atoms with Gasteiger partial charge in [-0.1, -0.05) is 6.07 Å². The topological polar surface area (TPSA) is 178 Å². The summed E-state index contributed by atoms with van der Waals surface area (Å²) in [4.78, 5) is 47.2. The fourth-order valence-electron chi connectivity index (χ4n) is 6.34. The monoisotopic (exact) mass is 545 g/mol. The van der Waals surface area contributed by atoms with Gasteiger partial charge in [0.05, 0.1) is 17.3 Å². The summed E-state index contributed by atoms with van der Waals surface area (Å²) < 4.78 is 6.84. The number of carbonyl (C=O) groups is 3. The highest BCUT2D eigenvalue weighted by Crippen LogP contribution is 2.58. The van der Waals surface area contributed by atoms with Crippen molar-refractivity contribution in [3.05, 3.63) is 53.3 Å². The van der Waals surface area contributed by atoms with Crippen LogP contribution in [-0.2, 0) is 11.3 Å². The van der Waals surface area contributed by atoms with E-state index in [1.807, 2.05) is 19.1 Å². The van der Waals surface area contributed by atoms with E-state index in [1.54, 1.807) is 13.0 Å². The largest absolute Gasteiger partial charge is 0.481 e. The number of nitrogens with two attached hydrogens (primary N) is 1. The lowest BCUT2D eigenvalue weighted by atomic mass is 9.52. The van der Waals surface area contributed by atoms with Crippen LogP contribution in [0.5, 0.6) is 0 Å². The normalized spacial score (nSPS) is 22.9. The summed E-state index contributed by atoms with van der Waals surface area (Å²) in [5, 5.41) is 19.9. The Labute approximate surface area is 229 Å². The van der Waals surface area contributed by atoms with Crippen molar-refractivity contribution in [1.29, 1.82) is 0 Å². The first-order valence-electron chi connectivity index (χ1n) is 13.4. The summed E-state index contributed by atoms with van der Waals surface area (Å²) in [6.07, 6.45) is 5.48. The number of oxazole rings is 1. The van der Waals surface area contributed by atoms with Crippen molar-refractivity contribution in [2.75, 3.05) is 5.73 Å². The van der Waals surface area contributed by atoms with Crippen molar-refractivity contribution < 1.29 is 23.9 Å². The van der Waals surface area contributed by atoms with Crippen LogP contribution in [-0.4, -0.2) is 48.5 Å². The zero-order valence-electron chi connectivity index (χ0n) is 22.4. The maximum Gasteiger partial charge on any atom is 0.309 e. The van der Waals surface area contributed by atoms with Crippen LogP contribution in [0.3, 0.4) is 0 Å². The van der Waals surface area contributed by atoms with Crippen molar-refractivity contribution in [3.63, 3.8) is 0 Å². The number of benzene rings is 1. The van der Waals surface area contributed by atoms with E-state index < -0.39 is 23.2 Å². The van der Waals surface area contributed by atoms with Crippen LogP contribution in [0, 0.1) is 17.8 Å². The molecule has 2 amide bonds. The number of rotatable bonds is 7. The van der Waals surface area contributed by atoms with Crippen molar-refractivity contribution in [3.8, 4) is 0 Å². The van der Waals surface area contributed by atoms with E-state index in [0.29, 0.717) is 36.3 Å². The lowest BCUT2D eigenvalue weighted by molar-refractivity contribution is -0.159. The molecule has 3 aliphatic rings. The fourth-order valence-corrected chi connectivity index (χ4v) is 6.34. The van der Waals surface area contributed by atoms with Gasteiger partial charge in [0.15, 0.2) is 17.1 Å². The van der Waals surface area contributed by atoms with Crippen molar-refractivity contribution in [2.24, 2.45) is 10.8 Å². The van der Waals surface area contributed by atoms with E-state index in [1.165, 1.54) is 16.8 Å². The van der Waals surface area contributed by atoms with Gasteiger partial charge in [0.25, 0.3) is 11.8 Å². The lowest BCUT2D eigenvalue weighted by Gasteiger charge is -2.54. The number of nitrogens with one attached hydrogen (secondary N) is 2. The summed E-state index contributed by atoms with van der Waals surface area (Å²) in [6, 6.07) is 6.70. The second-order valence-electron chi connectivity index (χ2n) is 11.2. The van der Waals surface area contributed by atoms with Crippen LogP contribution in [0.25, 0.3) is 16.7 Å². The molecule has 3 aromatic heterocycles. The average Bonchev–Trinajstić information content (AvgIpc) is 3.52. The second kappa shape index (κ2) is 9.32. The Morgan fingerprint density at radius 2 is 1.82 bits per heavy atom. The molecule has 12 heteroatoms. The molecular formula is C28H31N7O5. The predicted octanol–water partition coefficient (Wildman–Crippen LogP) is 3.23. The molecule has 0 radical (unpaired) electrons. The average molecular weight is 546 g/mol. The molecule has 3 saturated carbocycles. The van der Waals surface area contributed by atoms with Gasteiger partial charge in [-0.25, -0.2) is 14.5 Å². The Bertz CT molecular complexity index is 1650. The van der Waals surface area contributed by atoms with Crippen LogP contribution >= 0.6 is 0 Å². The van der Waals surface area contributed by atoms with Gasteiger partial charge >= 0.3 is 5.97 Å². The van der Waals surface area contributed by atoms with Gasteiger partial charge in [-0.2, -0.15) is 5.10 Å². The molecule has 7 rings (SSSR count). The molecule has 0 aliphatic heterocycles. The Kier molecular flexibility index (Phi) is 6.00. The number of amides is 2. The van der Waals surface area contributed by atoms with E-state index in [-0.39, 0.29) is 40.7 Å². The first kappa shape index (κ1) is 25.8. The van der Waals surface area contributed by atoms with Gasteiger partial charge in [0.1, 0.15) is 16.9 Å². The number of hydrogen-bond acceptors (Lipinski definition) is 8. The summed E-state index contributed by atoms with van der Waals surface area (Å²) in [5.74, 6) is -1.02. The Balaban J connectivity index is 1.21. The SMILES string of the molecule is Cc1nc2cc(CNC(=O)c3cc(C(=O)NC(C)C45CCC(C(=O)O)(CC4)CC5)n4ncc(N)c4n3)ccc2o1. The minimum Gasteiger partial charge on any atom is -0.481 e. The van der Waals surface area contributed by atoms with Crippen LogP contribution < -0.4 is 16.4 Å². The van der Waals surface area contributed by atoms with Gasteiger partial charge in [0, 0.05) is 25.6 Å². The summed E-state index contributed by atoms with van der Waals surface area (Å²) in [6.45, 7) is 3.96. The van der Waals surface area contributed by atoms with E-state index in [4.69, 9.17) is 10.2 Å². The molecule has 3 aliphatic carbocycles. The maximum atomic E-state index is 13.6. The maximum absolute atomic E-state index is 13.6. The number of aliphatic carboxylic acids is 1. The Morgan fingerprint density at radius 3 is 2.52 bits per heavy atom. The molecule has 3 heterocycles. The predicted molar refractivity (Wildman–Crippen MR) is 144 cm³/mol. The Morgan fingerprint density at radius 1 is 1.10 bits per heavy atom. The Hall–Kier alpha value is -4.48. The third-order valence-electron chi connectivity index (χ3n) is 9.00. The van der Waals surface area contributed by atoms with Gasteiger partial charge in [-0.3, -0.25) is 14.4 Å². The third kappa shape index (κ3) is 4.23. The molecule has 208 valence electrons. The molecule has 40 heavy (non-hydrogen) atoms. The number of carboxylic acid groups (broad SMARTS) is 1. The number of nitrogen functional groups attached to an aromatic ring is 1. The quantitative estimate of drug-likeness (QED) is 0.271. The van der Waals surface area contributed by atoms with E-state index in [9.17, 15) is 19.5 Å². The zero-order valence-corrected chi connectivity index (χ0v) is 22.4. The summed E-state index contributed by atoms with van der Waals surface area (Å²) in [7, 11) is 0. The van der Waals surface area contributed by atoms with Gasteiger partial charge in [-0.15, -0.1) is 0 Å². The first-order valence-corrected chi connectivity index (χ1v) is 13.4. The molecule has 4 aromatic rings. The summed E-state index contributed by atoms with van der Waals surface area (Å²) in [5.41, 5.74) is 8.11. The second-order valence-corrected chi connectivity index (χ2v) is 11.2. The fraction of sp³-hybridized carbons (Fsp3) is 0.429. The molecule has 1 aromatic carbocycles. The van der Waals surface area contributed by atoms with Gasteiger partial charge in [0.2, 0.25) is 0 Å². The molecule has 3 fully saturated rings. The zero-order chi connectivity index (χ0) is 28.2. The highest BCUT2D eigenvalue weighted by atomic mass is 16.4. The molecular weight excluding hydrogens is 514 g/mol. The third-order valence-corrected chi connectivity index (χ3v) is 9.00. The number of aryl methyl sites for hydroxylation is 1. The molecule has 0 spiro atoms. The number of carboxylic acids is 1. The number of fused-ring (bicyclic) bond motifs is 5. The van der Waals surface area contributed by atoms with E-state index in [0.717, 1.165) is 24.8 Å². The van der Waals surface area contributed by atoms with Crippen LogP contribution in [0.4, 0.5) is 5.69 Å². The molecule has 1 unspecified atom stereocenters. The minimum atomic E-state index is -0.715. The van der Waals surface area contributed by atoms with Gasteiger partial charge in [-0.05, 0) is 68.6 Å².